The number of nitrogens with one attached hydrogen (secondary N) is 1. The molecule has 1 aromatic carbocycles. The lowest BCUT2D eigenvalue weighted by Crippen LogP contribution is -2.30. The number of aromatic nitrogens is 3. The number of hydrogen-bond donors (Lipinski definition) is 1. The van der Waals surface area contributed by atoms with Gasteiger partial charge in [-0.2, -0.15) is 0 Å². The smallest absolute Gasteiger partial charge is 0.287 e. The Bertz CT molecular complexity index is 953. The van der Waals surface area contributed by atoms with Crippen LogP contribution in [-0.2, 0) is 19.5 Å². The van der Waals surface area contributed by atoms with E-state index in [0.717, 1.165) is 54.8 Å². The first-order chi connectivity index (χ1) is 13.6. The number of nitrogens with zero attached hydrogens (tertiary/aromatic N) is 4. The molecule has 1 aliphatic heterocycles. The zero-order chi connectivity index (χ0) is 19.5. The molecule has 7 nitrogen and oxygen atoms in total. The third-order valence-corrected chi connectivity index (χ3v) is 5.35. The van der Waals surface area contributed by atoms with Crippen LogP contribution in [0.15, 0.2) is 47.1 Å². The lowest BCUT2D eigenvalue weighted by molar-refractivity contribution is 0.0909. The molecule has 0 aliphatic carbocycles. The van der Waals surface area contributed by atoms with Crippen molar-refractivity contribution in [1.29, 1.82) is 0 Å². The van der Waals surface area contributed by atoms with Gasteiger partial charge in [-0.05, 0) is 30.7 Å². The standard InChI is InChI=1S/C20H22ClN5O2/c1-14(22-20(27)17-7-4-12-28-17)19-24-23-18-8-9-25(10-11-26(18)19)13-15-5-2-3-6-16(15)21/h2-7,12,14H,8-11,13H2,1H3,(H,22,27). The highest BCUT2D eigenvalue weighted by molar-refractivity contribution is 6.31. The Morgan fingerprint density at radius 1 is 1.21 bits per heavy atom. The van der Waals surface area contributed by atoms with Crippen molar-refractivity contribution in [3.05, 3.63) is 70.7 Å². The minimum atomic E-state index is -0.269. The van der Waals surface area contributed by atoms with Gasteiger partial charge in [0.15, 0.2) is 11.6 Å². The first-order valence-electron chi connectivity index (χ1n) is 9.34. The molecule has 1 aliphatic rings. The molecule has 0 saturated heterocycles. The van der Waals surface area contributed by atoms with Crippen LogP contribution in [0.4, 0.5) is 0 Å². The fraction of sp³-hybridized carbons (Fsp3) is 0.350. The van der Waals surface area contributed by atoms with Crippen molar-refractivity contribution in [3.8, 4) is 0 Å². The van der Waals surface area contributed by atoms with E-state index in [1.165, 1.54) is 6.26 Å². The lowest BCUT2D eigenvalue weighted by atomic mass is 10.2. The van der Waals surface area contributed by atoms with Crippen LogP contribution in [0.1, 0.15) is 40.7 Å². The molecule has 0 spiro atoms. The number of hydrogen-bond acceptors (Lipinski definition) is 5. The van der Waals surface area contributed by atoms with Gasteiger partial charge in [-0.3, -0.25) is 9.69 Å². The lowest BCUT2D eigenvalue weighted by Gasteiger charge is -2.20. The van der Waals surface area contributed by atoms with Crippen molar-refractivity contribution in [2.45, 2.75) is 32.5 Å². The third kappa shape index (κ3) is 3.95. The maximum atomic E-state index is 12.3. The quantitative estimate of drug-likeness (QED) is 0.713. The summed E-state index contributed by atoms with van der Waals surface area (Å²) >= 11 is 6.31. The van der Waals surface area contributed by atoms with Gasteiger partial charge in [0.1, 0.15) is 5.82 Å². The molecule has 28 heavy (non-hydrogen) atoms. The van der Waals surface area contributed by atoms with E-state index < -0.39 is 0 Å². The predicted molar refractivity (Wildman–Crippen MR) is 105 cm³/mol. The molecule has 1 amide bonds. The summed E-state index contributed by atoms with van der Waals surface area (Å²) in [5, 5.41) is 12.4. The van der Waals surface area contributed by atoms with Crippen LogP contribution in [0.3, 0.4) is 0 Å². The Labute approximate surface area is 168 Å². The van der Waals surface area contributed by atoms with Gasteiger partial charge < -0.3 is 14.3 Å². The number of fused-ring (bicyclic) bond motifs is 1. The largest absolute Gasteiger partial charge is 0.459 e. The number of amides is 1. The van der Waals surface area contributed by atoms with Gasteiger partial charge in [0.05, 0.1) is 12.3 Å². The average Bonchev–Trinajstić information content (AvgIpc) is 3.32. The Balaban J connectivity index is 1.43. The first kappa shape index (κ1) is 18.7. The second-order valence-corrected chi connectivity index (χ2v) is 7.32. The fourth-order valence-electron chi connectivity index (χ4n) is 3.48. The molecule has 0 fully saturated rings. The van der Waals surface area contributed by atoms with Crippen molar-refractivity contribution < 1.29 is 9.21 Å². The van der Waals surface area contributed by atoms with Crippen molar-refractivity contribution in [1.82, 2.24) is 25.0 Å². The van der Waals surface area contributed by atoms with Gasteiger partial charge in [-0.25, -0.2) is 0 Å². The average molecular weight is 400 g/mol. The molecule has 0 saturated carbocycles. The van der Waals surface area contributed by atoms with Gasteiger partial charge >= 0.3 is 0 Å². The van der Waals surface area contributed by atoms with Crippen molar-refractivity contribution in [3.63, 3.8) is 0 Å². The number of carbonyl (C=O) groups excluding carboxylic acids is 1. The molecule has 4 rings (SSSR count). The van der Waals surface area contributed by atoms with Crippen LogP contribution < -0.4 is 5.32 Å². The minimum absolute atomic E-state index is 0.260. The monoisotopic (exact) mass is 399 g/mol. The Kier molecular flexibility index (Phi) is 5.45. The van der Waals surface area contributed by atoms with Crippen molar-refractivity contribution in [2.75, 3.05) is 13.1 Å². The highest BCUT2D eigenvalue weighted by Gasteiger charge is 2.23. The maximum Gasteiger partial charge on any atom is 0.287 e. The Hall–Kier alpha value is -2.64. The van der Waals surface area contributed by atoms with Gasteiger partial charge in [0.2, 0.25) is 0 Å². The normalized spacial score (nSPS) is 15.6. The number of carbonyl (C=O) groups is 1. The summed E-state index contributed by atoms with van der Waals surface area (Å²) < 4.78 is 7.26. The predicted octanol–water partition coefficient (Wildman–Crippen LogP) is 3.07. The fourth-order valence-corrected chi connectivity index (χ4v) is 3.67. The molecule has 0 bridgehead atoms. The topological polar surface area (TPSA) is 76.2 Å². The molecule has 3 heterocycles. The van der Waals surface area contributed by atoms with Gasteiger partial charge in [-0.15, -0.1) is 10.2 Å². The van der Waals surface area contributed by atoms with Crippen LogP contribution in [0, 0.1) is 0 Å². The molecule has 1 N–H and O–H groups in total. The second kappa shape index (κ2) is 8.16. The molecule has 146 valence electrons. The van der Waals surface area contributed by atoms with E-state index in [1.807, 2.05) is 25.1 Å². The van der Waals surface area contributed by atoms with Gasteiger partial charge in [0, 0.05) is 37.6 Å². The van der Waals surface area contributed by atoms with E-state index in [1.54, 1.807) is 12.1 Å². The number of benzene rings is 1. The summed E-state index contributed by atoms with van der Waals surface area (Å²) in [7, 11) is 0. The van der Waals surface area contributed by atoms with Crippen LogP contribution in [0.25, 0.3) is 0 Å². The van der Waals surface area contributed by atoms with E-state index >= 15 is 0 Å². The molecule has 1 unspecified atom stereocenters. The third-order valence-electron chi connectivity index (χ3n) is 4.98. The summed E-state index contributed by atoms with van der Waals surface area (Å²) in [6.45, 7) is 5.23. The van der Waals surface area contributed by atoms with Crippen LogP contribution in [0.5, 0.6) is 0 Å². The second-order valence-electron chi connectivity index (χ2n) is 6.92. The number of rotatable bonds is 5. The Morgan fingerprint density at radius 3 is 2.86 bits per heavy atom. The highest BCUT2D eigenvalue weighted by atomic mass is 35.5. The molecule has 0 radical (unpaired) electrons. The zero-order valence-electron chi connectivity index (χ0n) is 15.6. The van der Waals surface area contributed by atoms with Crippen LogP contribution in [0.2, 0.25) is 5.02 Å². The maximum absolute atomic E-state index is 12.3. The SMILES string of the molecule is CC(NC(=O)c1ccco1)c1nnc2n1CCN(Cc1ccccc1Cl)CC2. The summed E-state index contributed by atoms with van der Waals surface area (Å²) in [6.07, 6.45) is 2.28. The molecule has 3 aromatic rings. The van der Waals surface area contributed by atoms with E-state index in [4.69, 9.17) is 16.0 Å². The molecule has 8 heteroatoms. The molecular weight excluding hydrogens is 378 g/mol. The molecular formula is C20H22ClN5O2. The van der Waals surface area contributed by atoms with Crippen LogP contribution in [-0.4, -0.2) is 38.7 Å². The van der Waals surface area contributed by atoms with Gasteiger partial charge in [-0.1, -0.05) is 29.8 Å². The first-order valence-corrected chi connectivity index (χ1v) is 9.71. The number of halogens is 1. The summed E-state index contributed by atoms with van der Waals surface area (Å²) in [4.78, 5) is 14.6. The molecule has 1 atom stereocenters. The van der Waals surface area contributed by atoms with Crippen molar-refractivity contribution >= 4 is 17.5 Å². The van der Waals surface area contributed by atoms with E-state index in [9.17, 15) is 4.79 Å². The van der Waals surface area contributed by atoms with Gasteiger partial charge in [0.25, 0.3) is 5.91 Å². The van der Waals surface area contributed by atoms with Crippen LogP contribution >= 0.6 is 11.6 Å². The highest BCUT2D eigenvalue weighted by Crippen LogP contribution is 2.20. The minimum Gasteiger partial charge on any atom is -0.459 e. The summed E-state index contributed by atoms with van der Waals surface area (Å²) in [6, 6.07) is 11.0. The van der Waals surface area contributed by atoms with E-state index in [-0.39, 0.29) is 17.7 Å². The van der Waals surface area contributed by atoms with E-state index in [2.05, 4.69) is 31.0 Å². The zero-order valence-corrected chi connectivity index (χ0v) is 16.4. The molecule has 2 aromatic heterocycles. The van der Waals surface area contributed by atoms with Crippen molar-refractivity contribution in [2.24, 2.45) is 0 Å². The Morgan fingerprint density at radius 2 is 2.07 bits per heavy atom. The summed E-state index contributed by atoms with van der Waals surface area (Å²) in [5.41, 5.74) is 1.13. The van der Waals surface area contributed by atoms with E-state index in [0.29, 0.717) is 0 Å². The summed E-state index contributed by atoms with van der Waals surface area (Å²) in [5.74, 6) is 1.72. The number of furan rings is 1.